The smallest absolute Gasteiger partial charge is 0.233 e. The molecule has 2 rings (SSSR count). The predicted octanol–water partition coefficient (Wildman–Crippen LogP) is 1.64. The number of carbonyl (C=O) groups is 1. The zero-order chi connectivity index (χ0) is 17.5. The quantitative estimate of drug-likeness (QED) is 0.669. The van der Waals surface area contributed by atoms with Crippen LogP contribution in [-0.4, -0.2) is 64.1 Å². The van der Waals surface area contributed by atoms with Crippen LogP contribution in [0.5, 0.6) is 11.5 Å². The van der Waals surface area contributed by atoms with E-state index < -0.39 is 0 Å². The largest absolute Gasteiger partial charge is 0.497 e. The molecule has 0 aliphatic rings. The van der Waals surface area contributed by atoms with Crippen molar-refractivity contribution in [3.63, 3.8) is 0 Å². The highest BCUT2D eigenvalue weighted by atomic mass is 32.2. The van der Waals surface area contributed by atoms with Gasteiger partial charge in [0.1, 0.15) is 17.2 Å². The van der Waals surface area contributed by atoms with Gasteiger partial charge in [0.05, 0.1) is 20.0 Å². The van der Waals surface area contributed by atoms with Crippen molar-refractivity contribution in [3.05, 3.63) is 18.2 Å². The summed E-state index contributed by atoms with van der Waals surface area (Å²) in [5, 5.41) is 12.2. The molecule has 0 aliphatic heterocycles. The molecule has 1 aromatic carbocycles. The van der Waals surface area contributed by atoms with Gasteiger partial charge in [0.15, 0.2) is 0 Å². The lowest BCUT2D eigenvalue weighted by Crippen LogP contribution is -2.31. The molecule has 0 unspecified atom stereocenters. The van der Waals surface area contributed by atoms with Crippen LogP contribution in [-0.2, 0) is 4.79 Å². The number of amides is 1. The van der Waals surface area contributed by atoms with E-state index in [9.17, 15) is 4.79 Å². The van der Waals surface area contributed by atoms with Gasteiger partial charge in [0.2, 0.25) is 11.1 Å². The number of methoxy groups -OCH3 is 2. The summed E-state index contributed by atoms with van der Waals surface area (Å²) in [6.07, 6.45) is 0. The molecule has 8 nitrogen and oxygen atoms in total. The maximum Gasteiger partial charge on any atom is 0.233 e. The Morgan fingerprint density at radius 2 is 2.00 bits per heavy atom. The molecule has 0 saturated heterocycles. The van der Waals surface area contributed by atoms with Gasteiger partial charge < -0.3 is 14.4 Å². The zero-order valence-corrected chi connectivity index (χ0v) is 15.0. The first kappa shape index (κ1) is 18.1. The Morgan fingerprint density at radius 1 is 1.25 bits per heavy atom. The van der Waals surface area contributed by atoms with Crippen LogP contribution >= 0.6 is 11.8 Å². The number of nitrogens with zero attached hydrogens (tertiary/aromatic N) is 5. The van der Waals surface area contributed by atoms with E-state index in [0.717, 1.165) is 0 Å². The first-order chi connectivity index (χ1) is 11.6. The van der Waals surface area contributed by atoms with Crippen molar-refractivity contribution in [1.29, 1.82) is 0 Å². The van der Waals surface area contributed by atoms with Crippen LogP contribution < -0.4 is 9.47 Å². The highest BCUT2D eigenvalue weighted by Gasteiger charge is 2.17. The number of ether oxygens (including phenoxy) is 2. The standard InChI is InChI=1S/C15H21N5O3S/c1-5-19(6-2)14(21)10-24-15-16-17-18-20(15)12-8-7-11(22-3)9-13(12)23-4/h7-9H,5-6,10H2,1-4H3. The SMILES string of the molecule is CCN(CC)C(=O)CSc1nnnn1-c1ccc(OC)cc1OC. The summed E-state index contributed by atoms with van der Waals surface area (Å²) in [5.74, 6) is 1.59. The third kappa shape index (κ3) is 3.97. The molecule has 0 N–H and O–H groups in total. The number of rotatable bonds is 8. The van der Waals surface area contributed by atoms with Crippen molar-refractivity contribution in [1.82, 2.24) is 25.1 Å². The van der Waals surface area contributed by atoms with Crippen molar-refractivity contribution in [2.24, 2.45) is 0 Å². The maximum atomic E-state index is 12.1. The van der Waals surface area contributed by atoms with Crippen molar-refractivity contribution >= 4 is 17.7 Å². The Kier molecular flexibility index (Phi) is 6.42. The van der Waals surface area contributed by atoms with Gasteiger partial charge in [-0.3, -0.25) is 4.79 Å². The minimum absolute atomic E-state index is 0.0567. The van der Waals surface area contributed by atoms with E-state index in [0.29, 0.717) is 35.4 Å². The van der Waals surface area contributed by atoms with Gasteiger partial charge in [0.25, 0.3) is 0 Å². The molecule has 0 saturated carbocycles. The first-order valence-electron chi connectivity index (χ1n) is 7.55. The number of aromatic nitrogens is 4. The van der Waals surface area contributed by atoms with E-state index in [1.165, 1.54) is 11.8 Å². The van der Waals surface area contributed by atoms with Crippen LogP contribution in [0.15, 0.2) is 23.4 Å². The van der Waals surface area contributed by atoms with E-state index in [-0.39, 0.29) is 11.7 Å². The van der Waals surface area contributed by atoms with E-state index >= 15 is 0 Å². The molecule has 24 heavy (non-hydrogen) atoms. The fraction of sp³-hybridized carbons (Fsp3) is 0.467. The molecule has 0 bridgehead atoms. The lowest BCUT2D eigenvalue weighted by atomic mass is 10.3. The molecule has 0 fully saturated rings. The zero-order valence-electron chi connectivity index (χ0n) is 14.2. The minimum Gasteiger partial charge on any atom is -0.497 e. The summed E-state index contributed by atoms with van der Waals surface area (Å²) in [6, 6.07) is 5.37. The van der Waals surface area contributed by atoms with Crippen molar-refractivity contribution in [3.8, 4) is 17.2 Å². The lowest BCUT2D eigenvalue weighted by Gasteiger charge is -2.18. The van der Waals surface area contributed by atoms with Gasteiger partial charge in [-0.1, -0.05) is 11.8 Å². The number of hydrogen-bond donors (Lipinski definition) is 0. The Bertz CT molecular complexity index is 687. The van der Waals surface area contributed by atoms with Crippen molar-refractivity contribution in [2.45, 2.75) is 19.0 Å². The van der Waals surface area contributed by atoms with E-state index in [1.807, 2.05) is 19.9 Å². The molecule has 0 aliphatic carbocycles. The van der Waals surface area contributed by atoms with E-state index in [4.69, 9.17) is 9.47 Å². The highest BCUT2D eigenvalue weighted by molar-refractivity contribution is 7.99. The van der Waals surface area contributed by atoms with Crippen LogP contribution in [0.25, 0.3) is 5.69 Å². The summed E-state index contributed by atoms with van der Waals surface area (Å²) in [7, 11) is 3.16. The fourth-order valence-corrected chi connectivity index (χ4v) is 2.96. The number of tetrazole rings is 1. The van der Waals surface area contributed by atoms with Crippen molar-refractivity contribution < 1.29 is 14.3 Å². The van der Waals surface area contributed by atoms with Crippen LogP contribution in [0.4, 0.5) is 0 Å². The Morgan fingerprint density at radius 3 is 2.62 bits per heavy atom. The topological polar surface area (TPSA) is 82.4 Å². The molecular formula is C15H21N5O3S. The summed E-state index contributed by atoms with van der Waals surface area (Å²) in [5.41, 5.74) is 0.682. The average molecular weight is 351 g/mol. The molecule has 130 valence electrons. The van der Waals surface area contributed by atoms with E-state index in [2.05, 4.69) is 15.5 Å². The number of hydrogen-bond acceptors (Lipinski definition) is 7. The Balaban J connectivity index is 2.20. The fourth-order valence-electron chi connectivity index (χ4n) is 2.17. The summed E-state index contributed by atoms with van der Waals surface area (Å²) < 4.78 is 12.1. The molecule has 1 aromatic heterocycles. The molecule has 1 amide bonds. The van der Waals surface area contributed by atoms with Crippen LogP contribution in [0.1, 0.15) is 13.8 Å². The summed E-state index contributed by atoms with van der Waals surface area (Å²) in [4.78, 5) is 13.9. The molecular weight excluding hydrogens is 330 g/mol. The van der Waals surface area contributed by atoms with Gasteiger partial charge >= 0.3 is 0 Å². The van der Waals surface area contributed by atoms with Crippen molar-refractivity contribution in [2.75, 3.05) is 33.1 Å². The number of benzene rings is 1. The minimum atomic E-state index is 0.0567. The second kappa shape index (κ2) is 8.53. The number of thioether (sulfide) groups is 1. The molecule has 0 radical (unpaired) electrons. The van der Waals surface area contributed by atoms with Crippen LogP contribution in [0, 0.1) is 0 Å². The summed E-state index contributed by atoms with van der Waals surface area (Å²) in [6.45, 7) is 5.29. The average Bonchev–Trinajstić information content (AvgIpc) is 3.08. The predicted molar refractivity (Wildman–Crippen MR) is 90.9 cm³/mol. The lowest BCUT2D eigenvalue weighted by molar-refractivity contribution is -0.127. The Labute approximate surface area is 145 Å². The second-order valence-corrected chi connectivity index (χ2v) is 5.71. The number of carbonyl (C=O) groups excluding carboxylic acids is 1. The normalized spacial score (nSPS) is 10.5. The van der Waals surface area contributed by atoms with Crippen LogP contribution in [0.3, 0.4) is 0 Å². The Hall–Kier alpha value is -2.29. The van der Waals surface area contributed by atoms with Gasteiger partial charge in [-0.05, 0) is 36.4 Å². The van der Waals surface area contributed by atoms with Gasteiger partial charge in [-0.2, -0.15) is 4.68 Å². The molecule has 0 atom stereocenters. The maximum absolute atomic E-state index is 12.1. The van der Waals surface area contributed by atoms with Crippen LogP contribution in [0.2, 0.25) is 0 Å². The third-order valence-electron chi connectivity index (χ3n) is 3.50. The molecule has 2 aromatic rings. The summed E-state index contributed by atoms with van der Waals surface area (Å²) >= 11 is 1.29. The third-order valence-corrected chi connectivity index (χ3v) is 4.40. The van der Waals surface area contributed by atoms with Gasteiger partial charge in [-0.15, -0.1) is 5.10 Å². The molecule has 0 spiro atoms. The highest BCUT2D eigenvalue weighted by Crippen LogP contribution is 2.29. The molecule has 1 heterocycles. The van der Waals surface area contributed by atoms with E-state index in [1.54, 1.807) is 35.9 Å². The van der Waals surface area contributed by atoms with Gasteiger partial charge in [-0.25, -0.2) is 0 Å². The first-order valence-corrected chi connectivity index (χ1v) is 8.54. The molecule has 9 heteroatoms. The second-order valence-electron chi connectivity index (χ2n) is 4.77. The monoisotopic (exact) mass is 351 g/mol. The van der Waals surface area contributed by atoms with Gasteiger partial charge in [0, 0.05) is 19.2 Å².